The number of likely N-dealkylation sites (tertiary alicyclic amines) is 1. The number of amides is 4. The van der Waals surface area contributed by atoms with Crippen LogP contribution in [0.1, 0.15) is 78.4 Å². The van der Waals surface area contributed by atoms with Gasteiger partial charge in [0.2, 0.25) is 11.8 Å². The van der Waals surface area contributed by atoms with Gasteiger partial charge in [-0.1, -0.05) is 75.4 Å². The normalized spacial score (nSPS) is 22.9. The van der Waals surface area contributed by atoms with E-state index in [2.05, 4.69) is 34.7 Å². The number of alkyl carbamates (subject to hydrolysis) is 2. The van der Waals surface area contributed by atoms with E-state index in [9.17, 15) is 24.0 Å². The predicted molar refractivity (Wildman–Crippen MR) is 191 cm³/mol. The van der Waals surface area contributed by atoms with Gasteiger partial charge in [0.25, 0.3) is 0 Å². The number of hydrogen-bond donors (Lipinski definition) is 3. The fourth-order valence-corrected chi connectivity index (χ4v) is 7.04. The number of nitrogens with one attached hydrogen (secondary N) is 3. The third kappa shape index (κ3) is 8.05. The summed E-state index contributed by atoms with van der Waals surface area (Å²) >= 11 is 0. The van der Waals surface area contributed by atoms with Gasteiger partial charge in [0.15, 0.2) is 0 Å². The van der Waals surface area contributed by atoms with E-state index in [-0.39, 0.29) is 38.0 Å². The molecule has 1 saturated carbocycles. The molecular weight excluding hydrogens is 652 g/mol. The third-order valence-electron chi connectivity index (χ3n) is 9.61. The van der Waals surface area contributed by atoms with Crippen LogP contribution in [0.3, 0.4) is 0 Å². The Morgan fingerprint density at radius 2 is 1.55 bits per heavy atom. The van der Waals surface area contributed by atoms with E-state index >= 15 is 0 Å². The van der Waals surface area contributed by atoms with Crippen LogP contribution in [0.25, 0.3) is 11.1 Å². The summed E-state index contributed by atoms with van der Waals surface area (Å²) in [5, 5.41) is 8.41. The molecule has 2 aromatic carbocycles. The molecule has 12 nitrogen and oxygen atoms in total. The highest BCUT2D eigenvalue weighted by atomic mass is 16.6. The highest BCUT2D eigenvalue weighted by molar-refractivity contribution is 5.97. The molecule has 3 aliphatic rings. The Hall–Kier alpha value is -4.87. The first-order valence-electron chi connectivity index (χ1n) is 17.5. The summed E-state index contributed by atoms with van der Waals surface area (Å²) < 4.78 is 16.5. The molecule has 5 rings (SSSR count). The van der Waals surface area contributed by atoms with Crippen molar-refractivity contribution < 1.29 is 38.2 Å². The molecule has 0 bridgehead atoms. The highest BCUT2D eigenvalue weighted by Crippen LogP contribution is 2.46. The average Bonchev–Trinajstić information content (AvgIpc) is 3.45. The van der Waals surface area contributed by atoms with Crippen LogP contribution in [0.2, 0.25) is 0 Å². The maximum absolute atomic E-state index is 14.3. The van der Waals surface area contributed by atoms with Gasteiger partial charge in [-0.3, -0.25) is 9.59 Å². The van der Waals surface area contributed by atoms with Crippen molar-refractivity contribution in [3.05, 3.63) is 72.3 Å². The fraction of sp³-hybridized carbons (Fsp3) is 0.513. The smallest absolute Gasteiger partial charge is 0.408 e. The summed E-state index contributed by atoms with van der Waals surface area (Å²) in [7, 11) is 0. The van der Waals surface area contributed by atoms with Crippen LogP contribution in [0.4, 0.5) is 9.59 Å². The Bertz CT molecular complexity index is 1650. The number of benzene rings is 2. The molecule has 0 aromatic heterocycles. The minimum atomic E-state index is -1.29. The first-order chi connectivity index (χ1) is 24.0. The second kappa shape index (κ2) is 14.4. The van der Waals surface area contributed by atoms with Gasteiger partial charge in [0.1, 0.15) is 29.8 Å². The lowest BCUT2D eigenvalue weighted by Gasteiger charge is -2.36. The Kier molecular flexibility index (Phi) is 10.6. The second-order valence-corrected chi connectivity index (χ2v) is 15.6. The molecule has 274 valence electrons. The number of carbonyl (C=O) groups excluding carboxylic acids is 5. The van der Waals surface area contributed by atoms with Crippen molar-refractivity contribution in [2.75, 3.05) is 19.8 Å². The van der Waals surface area contributed by atoms with Crippen molar-refractivity contribution in [2.45, 2.75) is 96.5 Å². The van der Waals surface area contributed by atoms with Gasteiger partial charge in [0.05, 0.1) is 12.6 Å². The molecule has 2 aromatic rings. The predicted octanol–water partition coefficient (Wildman–Crippen LogP) is 5.06. The van der Waals surface area contributed by atoms with E-state index in [4.69, 9.17) is 14.2 Å². The number of fused-ring (bicyclic) bond motifs is 3. The molecule has 0 spiro atoms. The molecule has 2 fully saturated rings. The molecule has 2 aliphatic carbocycles. The minimum Gasteiger partial charge on any atom is -0.464 e. The van der Waals surface area contributed by atoms with Gasteiger partial charge < -0.3 is 35.1 Å². The van der Waals surface area contributed by atoms with Gasteiger partial charge in [-0.15, -0.1) is 6.58 Å². The fourth-order valence-electron chi connectivity index (χ4n) is 7.04. The molecule has 4 amide bonds. The van der Waals surface area contributed by atoms with Gasteiger partial charge >= 0.3 is 18.2 Å². The molecule has 51 heavy (non-hydrogen) atoms. The SMILES string of the molecule is C=CC1CC1(NC(=O)[C@@H]1C[C@@H](NC(=O)OCC2c3ccccc3-c3ccccc32)CN1C(=O)[C@@H](NC(=O)OC(C)(C)C)C(C)(C)C)C(=O)OCC. The van der Waals surface area contributed by atoms with Crippen LogP contribution in [0.5, 0.6) is 0 Å². The molecule has 2 unspecified atom stereocenters. The van der Waals surface area contributed by atoms with Crippen molar-refractivity contribution in [2.24, 2.45) is 11.3 Å². The number of nitrogens with zero attached hydrogens (tertiary/aromatic N) is 1. The summed E-state index contributed by atoms with van der Waals surface area (Å²) in [5.74, 6) is -2.18. The van der Waals surface area contributed by atoms with Crippen molar-refractivity contribution in [3.8, 4) is 11.1 Å². The van der Waals surface area contributed by atoms with E-state index in [0.717, 1.165) is 22.3 Å². The van der Waals surface area contributed by atoms with Crippen LogP contribution >= 0.6 is 0 Å². The number of esters is 1. The van der Waals surface area contributed by atoms with Gasteiger partial charge in [-0.2, -0.15) is 0 Å². The Labute approximate surface area is 299 Å². The van der Waals surface area contributed by atoms with Crippen LogP contribution in [-0.4, -0.2) is 83.9 Å². The standard InChI is InChI=1S/C39H50N4O8/c1-9-23-20-39(23,34(46)49-10-2)42-32(44)30-19-24(21-43(30)33(45)31(37(3,4)5)41-36(48)51-38(6,7)8)40-35(47)50-22-29-27-17-13-11-15-25(27)26-16-12-14-18-28(26)29/h9,11-18,23-24,29-31H,1,10,19-22H2,2-8H3,(H,40,47)(H,41,48)(H,42,44)/t23?,24-,30+,31-,39?/m1/s1. The largest absolute Gasteiger partial charge is 0.464 e. The minimum absolute atomic E-state index is 0.0407. The first-order valence-corrected chi connectivity index (χ1v) is 17.5. The molecule has 0 radical (unpaired) electrons. The number of ether oxygens (including phenoxy) is 3. The molecule has 12 heteroatoms. The van der Waals surface area contributed by atoms with Crippen LogP contribution in [0.15, 0.2) is 61.2 Å². The van der Waals surface area contributed by atoms with E-state index in [1.54, 1.807) is 54.5 Å². The average molecular weight is 703 g/mol. The Morgan fingerprint density at radius 1 is 0.941 bits per heavy atom. The van der Waals surface area contributed by atoms with Crippen LogP contribution in [0, 0.1) is 11.3 Å². The molecule has 1 heterocycles. The second-order valence-electron chi connectivity index (χ2n) is 15.6. The lowest BCUT2D eigenvalue weighted by Crippen LogP contribution is -2.59. The summed E-state index contributed by atoms with van der Waals surface area (Å²) in [4.78, 5) is 68.9. The molecule has 5 atom stereocenters. The summed E-state index contributed by atoms with van der Waals surface area (Å²) in [6.45, 7) is 16.2. The van der Waals surface area contributed by atoms with Gasteiger partial charge in [0, 0.05) is 18.4 Å². The molecular formula is C39H50N4O8. The van der Waals surface area contributed by atoms with Crippen LogP contribution < -0.4 is 16.0 Å². The van der Waals surface area contributed by atoms with E-state index in [1.165, 1.54) is 4.90 Å². The lowest BCUT2D eigenvalue weighted by atomic mass is 9.85. The van der Waals surface area contributed by atoms with Crippen molar-refractivity contribution in [1.82, 2.24) is 20.9 Å². The van der Waals surface area contributed by atoms with E-state index < -0.39 is 64.7 Å². The van der Waals surface area contributed by atoms with Crippen molar-refractivity contribution >= 4 is 30.0 Å². The lowest BCUT2D eigenvalue weighted by molar-refractivity contribution is -0.150. The quantitative estimate of drug-likeness (QED) is 0.177. The highest BCUT2D eigenvalue weighted by Gasteiger charge is 2.62. The van der Waals surface area contributed by atoms with Gasteiger partial charge in [-0.05, 0) is 68.2 Å². The third-order valence-corrected chi connectivity index (χ3v) is 9.61. The zero-order valence-electron chi connectivity index (χ0n) is 30.5. The molecule has 1 saturated heterocycles. The zero-order chi connectivity index (χ0) is 37.3. The number of hydrogen-bond acceptors (Lipinski definition) is 8. The Morgan fingerprint density at radius 3 is 2.08 bits per heavy atom. The topological polar surface area (TPSA) is 152 Å². The Balaban J connectivity index is 1.34. The maximum Gasteiger partial charge on any atom is 0.408 e. The monoisotopic (exact) mass is 702 g/mol. The van der Waals surface area contributed by atoms with Crippen LogP contribution in [-0.2, 0) is 28.6 Å². The van der Waals surface area contributed by atoms with Crippen molar-refractivity contribution in [3.63, 3.8) is 0 Å². The summed E-state index contributed by atoms with van der Waals surface area (Å²) in [5.41, 5.74) is 1.45. The zero-order valence-corrected chi connectivity index (χ0v) is 30.5. The summed E-state index contributed by atoms with van der Waals surface area (Å²) in [6, 6.07) is 13.2. The van der Waals surface area contributed by atoms with E-state index in [0.29, 0.717) is 6.42 Å². The summed E-state index contributed by atoms with van der Waals surface area (Å²) in [6.07, 6.45) is 0.483. The maximum atomic E-state index is 14.3. The van der Waals surface area contributed by atoms with Crippen molar-refractivity contribution in [1.29, 1.82) is 0 Å². The number of carbonyl (C=O) groups is 5. The molecule has 1 aliphatic heterocycles. The molecule has 3 N–H and O–H groups in total. The van der Waals surface area contributed by atoms with E-state index in [1.807, 2.05) is 36.4 Å². The number of rotatable bonds is 10. The van der Waals surface area contributed by atoms with Gasteiger partial charge in [-0.25, -0.2) is 14.4 Å². The first kappa shape index (κ1) is 37.4.